The minimum Gasteiger partial charge on any atom is -1.00 e. The normalized spacial score (nSPS) is 9.62. The molecule has 0 spiro atoms. The summed E-state index contributed by atoms with van der Waals surface area (Å²) in [6.07, 6.45) is 7.65. The SMILES string of the molecule is ICCCCCC[n+]1ccsc1.[I-]. The molecular formula is C9H15I2NS. The van der Waals surface area contributed by atoms with E-state index in [4.69, 9.17) is 0 Å². The van der Waals surface area contributed by atoms with Crippen molar-refractivity contribution < 1.29 is 28.5 Å². The predicted octanol–water partition coefficient (Wildman–Crippen LogP) is 0.0350. The summed E-state index contributed by atoms with van der Waals surface area (Å²) >= 11 is 4.22. The molecule has 0 saturated carbocycles. The number of nitrogens with zero attached hydrogens (tertiary/aromatic N) is 1. The van der Waals surface area contributed by atoms with Crippen LogP contribution >= 0.6 is 33.9 Å². The molecule has 0 atom stereocenters. The highest BCUT2D eigenvalue weighted by Crippen LogP contribution is 2.02. The Kier molecular flexibility index (Phi) is 10.4. The van der Waals surface area contributed by atoms with E-state index in [1.807, 2.05) is 0 Å². The second-order valence-corrected chi connectivity index (χ2v) is 4.70. The number of rotatable bonds is 6. The topological polar surface area (TPSA) is 3.88 Å². The summed E-state index contributed by atoms with van der Waals surface area (Å²) in [7, 11) is 0. The number of hydrogen-bond acceptors (Lipinski definition) is 1. The van der Waals surface area contributed by atoms with Crippen LogP contribution in [0.1, 0.15) is 25.7 Å². The maximum Gasteiger partial charge on any atom is 0.224 e. The van der Waals surface area contributed by atoms with E-state index in [9.17, 15) is 0 Å². The molecule has 4 heteroatoms. The minimum atomic E-state index is 0. The van der Waals surface area contributed by atoms with Crippen LogP contribution in [0.4, 0.5) is 0 Å². The minimum absolute atomic E-state index is 0. The van der Waals surface area contributed by atoms with Gasteiger partial charge in [-0.1, -0.05) is 40.3 Å². The van der Waals surface area contributed by atoms with E-state index in [1.165, 1.54) is 36.7 Å². The van der Waals surface area contributed by atoms with Crippen molar-refractivity contribution in [3.05, 3.63) is 17.1 Å². The fourth-order valence-electron chi connectivity index (χ4n) is 1.13. The molecule has 0 radical (unpaired) electrons. The quantitative estimate of drug-likeness (QED) is 0.264. The zero-order valence-electron chi connectivity index (χ0n) is 7.59. The Balaban J connectivity index is 0.00000144. The van der Waals surface area contributed by atoms with Crippen molar-refractivity contribution in [1.82, 2.24) is 0 Å². The van der Waals surface area contributed by atoms with Crippen molar-refractivity contribution in [3.8, 4) is 0 Å². The largest absolute Gasteiger partial charge is 1.00 e. The molecule has 1 aromatic rings. The summed E-state index contributed by atoms with van der Waals surface area (Å²) in [5, 5.41) is 2.13. The first-order valence-corrected chi connectivity index (χ1v) is 6.87. The molecule has 0 bridgehead atoms. The second-order valence-electron chi connectivity index (χ2n) is 2.87. The third kappa shape index (κ3) is 7.07. The van der Waals surface area contributed by atoms with E-state index in [1.54, 1.807) is 11.3 Å². The van der Waals surface area contributed by atoms with Crippen molar-refractivity contribution in [2.45, 2.75) is 32.2 Å². The molecular weight excluding hydrogens is 408 g/mol. The molecule has 0 saturated heterocycles. The first-order chi connectivity index (χ1) is 5.93. The van der Waals surface area contributed by atoms with E-state index < -0.39 is 0 Å². The van der Waals surface area contributed by atoms with Crippen LogP contribution in [0, 0.1) is 0 Å². The van der Waals surface area contributed by atoms with Crippen LogP contribution in [0.5, 0.6) is 0 Å². The van der Waals surface area contributed by atoms with Crippen molar-refractivity contribution >= 4 is 33.9 Å². The fraction of sp³-hybridized carbons (Fsp3) is 0.667. The van der Waals surface area contributed by atoms with Crippen LogP contribution in [0.15, 0.2) is 17.1 Å². The molecule has 76 valence electrons. The lowest BCUT2D eigenvalue weighted by Gasteiger charge is -1.94. The zero-order valence-corrected chi connectivity index (χ0v) is 12.7. The zero-order chi connectivity index (χ0) is 8.65. The summed E-state index contributed by atoms with van der Waals surface area (Å²) < 4.78 is 3.58. The smallest absolute Gasteiger partial charge is 0.224 e. The number of halogens is 2. The lowest BCUT2D eigenvalue weighted by Crippen LogP contribution is -3.00. The second kappa shape index (κ2) is 9.64. The maximum absolute atomic E-state index is 2.45. The molecule has 0 N–H and O–H groups in total. The first-order valence-electron chi connectivity index (χ1n) is 4.40. The predicted molar refractivity (Wildman–Crippen MR) is 61.9 cm³/mol. The number of hydrogen-bond donors (Lipinski definition) is 0. The van der Waals surface area contributed by atoms with Crippen LogP contribution in [0.3, 0.4) is 0 Å². The average Bonchev–Trinajstić information content (AvgIpc) is 2.57. The molecule has 0 unspecified atom stereocenters. The number of aryl methyl sites for hydroxylation is 1. The van der Waals surface area contributed by atoms with Gasteiger partial charge in [0.15, 0.2) is 6.20 Å². The fourth-order valence-corrected chi connectivity index (χ4v) is 2.30. The van der Waals surface area contributed by atoms with E-state index >= 15 is 0 Å². The third-order valence-corrected chi connectivity index (χ3v) is 3.26. The Morgan fingerprint density at radius 3 is 2.54 bits per heavy atom. The summed E-state index contributed by atoms with van der Waals surface area (Å²) in [5.74, 6) is 0. The Labute approximate surface area is 115 Å². The van der Waals surface area contributed by atoms with E-state index in [0.717, 1.165) is 0 Å². The van der Waals surface area contributed by atoms with Crippen LogP contribution in [0.25, 0.3) is 0 Å². The van der Waals surface area contributed by atoms with Crippen molar-refractivity contribution in [1.29, 1.82) is 0 Å². The number of thiazole rings is 1. The van der Waals surface area contributed by atoms with E-state index in [-0.39, 0.29) is 24.0 Å². The lowest BCUT2D eigenvalue weighted by atomic mass is 10.2. The average molecular weight is 423 g/mol. The third-order valence-electron chi connectivity index (χ3n) is 1.83. The van der Waals surface area contributed by atoms with Gasteiger partial charge in [0, 0.05) is 6.42 Å². The molecule has 0 aliphatic heterocycles. The molecule has 13 heavy (non-hydrogen) atoms. The van der Waals surface area contributed by atoms with Gasteiger partial charge in [0.1, 0.15) is 6.54 Å². The molecule has 1 nitrogen and oxygen atoms in total. The Morgan fingerprint density at radius 2 is 1.92 bits per heavy atom. The van der Waals surface area contributed by atoms with Gasteiger partial charge in [0.25, 0.3) is 0 Å². The van der Waals surface area contributed by atoms with E-state index in [2.05, 4.69) is 44.2 Å². The Morgan fingerprint density at radius 1 is 1.15 bits per heavy atom. The van der Waals surface area contributed by atoms with Crippen LogP contribution in [0.2, 0.25) is 0 Å². The van der Waals surface area contributed by atoms with Gasteiger partial charge in [-0.3, -0.25) is 0 Å². The molecule has 0 aliphatic carbocycles. The maximum atomic E-state index is 2.45. The van der Waals surface area contributed by atoms with Crippen molar-refractivity contribution in [2.24, 2.45) is 0 Å². The van der Waals surface area contributed by atoms with E-state index in [0.29, 0.717) is 0 Å². The monoisotopic (exact) mass is 423 g/mol. The first kappa shape index (κ1) is 14.1. The van der Waals surface area contributed by atoms with Gasteiger partial charge in [-0.25, -0.2) is 0 Å². The van der Waals surface area contributed by atoms with Crippen LogP contribution in [-0.4, -0.2) is 4.43 Å². The molecule has 1 heterocycles. The van der Waals surface area contributed by atoms with Gasteiger partial charge < -0.3 is 24.0 Å². The van der Waals surface area contributed by atoms with Crippen LogP contribution < -0.4 is 28.5 Å². The van der Waals surface area contributed by atoms with Crippen molar-refractivity contribution in [3.63, 3.8) is 0 Å². The number of unbranched alkanes of at least 4 members (excludes halogenated alkanes) is 3. The highest BCUT2D eigenvalue weighted by atomic mass is 127. The number of aromatic nitrogens is 1. The lowest BCUT2D eigenvalue weighted by molar-refractivity contribution is -0.692. The van der Waals surface area contributed by atoms with Gasteiger partial charge in [-0.2, -0.15) is 4.57 Å². The standard InChI is InChI=1S/C9H15INS.HI/c10-5-3-1-2-4-6-11-7-8-12-9-11;/h7-9H,1-6H2;1H/q+1;/p-1. The van der Waals surface area contributed by atoms with Gasteiger partial charge >= 0.3 is 0 Å². The van der Waals surface area contributed by atoms with Gasteiger partial charge in [-0.05, 0) is 17.3 Å². The summed E-state index contributed by atoms with van der Waals surface area (Å²) in [5.41, 5.74) is 2.18. The molecule has 0 aliphatic rings. The Hall–Kier alpha value is 1.09. The van der Waals surface area contributed by atoms with Gasteiger partial charge in [-0.15, -0.1) is 0 Å². The molecule has 0 amide bonds. The van der Waals surface area contributed by atoms with Crippen molar-refractivity contribution in [2.75, 3.05) is 4.43 Å². The molecule has 0 aromatic carbocycles. The number of alkyl halides is 1. The molecule has 1 aromatic heterocycles. The highest BCUT2D eigenvalue weighted by Gasteiger charge is 1.98. The highest BCUT2D eigenvalue weighted by molar-refractivity contribution is 14.1. The van der Waals surface area contributed by atoms with Gasteiger partial charge in [0.05, 0.1) is 5.38 Å². The van der Waals surface area contributed by atoms with Gasteiger partial charge in [0.2, 0.25) is 5.51 Å². The molecule has 0 fully saturated rings. The summed E-state index contributed by atoms with van der Waals surface area (Å²) in [4.78, 5) is 0. The Bertz CT molecular complexity index is 190. The summed E-state index contributed by atoms with van der Waals surface area (Å²) in [6, 6.07) is 0. The summed E-state index contributed by atoms with van der Waals surface area (Å²) in [6.45, 7) is 1.20. The molecule has 1 rings (SSSR count). The van der Waals surface area contributed by atoms with Crippen LogP contribution in [-0.2, 0) is 6.54 Å².